The normalized spacial score (nSPS) is 9.27. The van der Waals surface area contributed by atoms with Gasteiger partial charge in [-0.3, -0.25) is 0 Å². The lowest BCUT2D eigenvalue weighted by Crippen LogP contribution is -3.00. The highest BCUT2D eigenvalue weighted by Gasteiger charge is 1.96. The molecule has 0 saturated carbocycles. The van der Waals surface area contributed by atoms with Gasteiger partial charge in [-0.05, 0) is 6.42 Å². The van der Waals surface area contributed by atoms with E-state index < -0.39 is 0 Å². The van der Waals surface area contributed by atoms with Gasteiger partial charge in [0, 0.05) is 5.33 Å². The van der Waals surface area contributed by atoms with Crippen LogP contribution >= 0.6 is 15.9 Å². The summed E-state index contributed by atoms with van der Waals surface area (Å²) in [4.78, 5) is 0. The molecule has 0 aliphatic rings. The molecule has 0 unspecified atom stereocenters. The molecular weight excluding hydrogens is 272 g/mol. The average molecular weight is 284 g/mol. The number of alkyl halides is 1. The van der Waals surface area contributed by atoms with Gasteiger partial charge in [-0.25, -0.2) is 9.13 Å². The molecule has 0 aliphatic heterocycles. The fraction of sp³-hybridized carbons (Fsp3) is 0.571. The molecule has 11 heavy (non-hydrogen) atoms. The van der Waals surface area contributed by atoms with Crippen molar-refractivity contribution in [3.63, 3.8) is 0 Å². The van der Waals surface area contributed by atoms with Crippen LogP contribution in [0.2, 0.25) is 0 Å². The van der Waals surface area contributed by atoms with E-state index in [1.807, 2.05) is 17.8 Å². The predicted molar refractivity (Wildman–Crippen MR) is 44.0 cm³/mol. The third-order valence-electron chi connectivity index (χ3n) is 1.37. The van der Waals surface area contributed by atoms with Crippen LogP contribution in [0.1, 0.15) is 6.42 Å². The molecule has 0 aromatic carbocycles. The van der Waals surface area contributed by atoms with Gasteiger partial charge in [0.1, 0.15) is 12.4 Å². The molecule has 0 saturated heterocycles. The van der Waals surface area contributed by atoms with Gasteiger partial charge in [0.05, 0.1) is 13.6 Å². The number of nitrogens with zero attached hydrogens (tertiary/aromatic N) is 2. The first-order chi connectivity index (χ1) is 4.83. The molecule has 1 aromatic rings. The summed E-state index contributed by atoms with van der Waals surface area (Å²) in [6, 6.07) is 0. The Morgan fingerprint density at radius 3 is 2.73 bits per heavy atom. The van der Waals surface area contributed by atoms with E-state index in [-0.39, 0.29) is 17.0 Å². The Bertz CT molecular complexity index is 198. The summed E-state index contributed by atoms with van der Waals surface area (Å²) >= 11 is 3.39. The van der Waals surface area contributed by atoms with E-state index >= 15 is 0 Å². The van der Waals surface area contributed by atoms with Crippen molar-refractivity contribution < 1.29 is 21.5 Å². The average Bonchev–Trinajstić information content (AvgIpc) is 2.31. The molecule has 0 radical (unpaired) electrons. The molecule has 0 N–H and O–H groups in total. The molecule has 0 aliphatic carbocycles. The van der Waals surface area contributed by atoms with E-state index in [2.05, 4.69) is 33.0 Å². The summed E-state index contributed by atoms with van der Waals surface area (Å²) in [5, 5.41) is 1.08. The summed E-state index contributed by atoms with van der Waals surface area (Å²) in [5.41, 5.74) is 0. The Morgan fingerprint density at radius 2 is 2.27 bits per heavy atom. The highest BCUT2D eigenvalue weighted by Crippen LogP contribution is 1.92. The van der Waals surface area contributed by atoms with Gasteiger partial charge < -0.3 is 17.0 Å². The Kier molecular flexibility index (Phi) is 5.86. The van der Waals surface area contributed by atoms with Crippen LogP contribution in [0, 0.1) is 0 Å². The minimum atomic E-state index is 0. The van der Waals surface area contributed by atoms with Crippen molar-refractivity contribution in [2.45, 2.75) is 13.0 Å². The van der Waals surface area contributed by atoms with Gasteiger partial charge in [0.15, 0.2) is 0 Å². The van der Waals surface area contributed by atoms with Crippen molar-refractivity contribution in [3.8, 4) is 0 Å². The van der Waals surface area contributed by atoms with Gasteiger partial charge in [0.2, 0.25) is 6.33 Å². The van der Waals surface area contributed by atoms with Gasteiger partial charge in [0.25, 0.3) is 0 Å². The molecule has 64 valence electrons. The van der Waals surface area contributed by atoms with Crippen LogP contribution in [0.5, 0.6) is 0 Å². The maximum atomic E-state index is 3.39. The molecular formula is C7H12Br2N2. The third kappa shape index (κ3) is 3.91. The first kappa shape index (κ1) is 11.2. The summed E-state index contributed by atoms with van der Waals surface area (Å²) in [6.45, 7) is 1.10. The predicted octanol–water partition coefficient (Wildman–Crippen LogP) is -1.90. The first-order valence-electron chi connectivity index (χ1n) is 3.40. The number of rotatable bonds is 3. The smallest absolute Gasteiger partial charge is 0.243 e. The molecule has 0 bridgehead atoms. The molecule has 0 amide bonds. The van der Waals surface area contributed by atoms with Crippen molar-refractivity contribution in [2.75, 3.05) is 5.33 Å². The second kappa shape index (κ2) is 5.77. The van der Waals surface area contributed by atoms with E-state index in [0.717, 1.165) is 11.9 Å². The minimum Gasteiger partial charge on any atom is -1.00 e. The van der Waals surface area contributed by atoms with Gasteiger partial charge >= 0.3 is 0 Å². The molecule has 0 spiro atoms. The Morgan fingerprint density at radius 1 is 1.55 bits per heavy atom. The van der Waals surface area contributed by atoms with Crippen LogP contribution in [-0.2, 0) is 13.6 Å². The van der Waals surface area contributed by atoms with E-state index in [1.165, 1.54) is 6.42 Å². The Balaban J connectivity index is 0.000001000. The van der Waals surface area contributed by atoms with Crippen molar-refractivity contribution >= 4 is 15.9 Å². The maximum Gasteiger partial charge on any atom is 0.243 e. The number of hydrogen-bond donors (Lipinski definition) is 0. The summed E-state index contributed by atoms with van der Waals surface area (Å²) in [5.74, 6) is 0. The largest absolute Gasteiger partial charge is 1.00 e. The van der Waals surface area contributed by atoms with Gasteiger partial charge in [-0.15, -0.1) is 0 Å². The van der Waals surface area contributed by atoms with Crippen LogP contribution in [-0.4, -0.2) is 9.90 Å². The minimum absolute atomic E-state index is 0. The fourth-order valence-corrected chi connectivity index (χ4v) is 1.13. The summed E-state index contributed by atoms with van der Waals surface area (Å²) in [6.07, 6.45) is 7.41. The topological polar surface area (TPSA) is 8.81 Å². The zero-order valence-corrected chi connectivity index (χ0v) is 9.68. The quantitative estimate of drug-likeness (QED) is 0.453. The summed E-state index contributed by atoms with van der Waals surface area (Å²) in [7, 11) is 2.03. The highest BCUT2D eigenvalue weighted by atomic mass is 79.9. The van der Waals surface area contributed by atoms with Crippen LogP contribution in [0.15, 0.2) is 18.7 Å². The van der Waals surface area contributed by atoms with Crippen molar-refractivity contribution in [2.24, 2.45) is 7.05 Å². The zero-order valence-electron chi connectivity index (χ0n) is 6.50. The van der Waals surface area contributed by atoms with Crippen LogP contribution in [0.25, 0.3) is 0 Å². The second-order valence-corrected chi connectivity index (χ2v) is 3.15. The molecule has 0 fully saturated rings. The molecule has 2 nitrogen and oxygen atoms in total. The van der Waals surface area contributed by atoms with Crippen LogP contribution in [0.4, 0.5) is 0 Å². The van der Waals surface area contributed by atoms with E-state index in [1.54, 1.807) is 0 Å². The van der Waals surface area contributed by atoms with Crippen molar-refractivity contribution in [1.82, 2.24) is 4.57 Å². The molecule has 1 heterocycles. The standard InChI is InChI=1S/C7H12BrN2.BrH/c1-9-5-6-10(7-9)4-2-3-8;/h5-7H,2-4H2,1H3;1H/q+1;/p-1. The maximum absolute atomic E-state index is 3.39. The molecule has 1 rings (SSSR count). The lowest BCUT2D eigenvalue weighted by atomic mass is 10.5. The van der Waals surface area contributed by atoms with E-state index in [4.69, 9.17) is 0 Å². The van der Waals surface area contributed by atoms with Crippen molar-refractivity contribution in [1.29, 1.82) is 0 Å². The van der Waals surface area contributed by atoms with Crippen LogP contribution in [0.3, 0.4) is 0 Å². The SMILES string of the molecule is C[n+]1ccn(CCCBr)c1.[Br-]. The highest BCUT2D eigenvalue weighted by molar-refractivity contribution is 9.09. The second-order valence-electron chi connectivity index (χ2n) is 2.36. The van der Waals surface area contributed by atoms with E-state index in [9.17, 15) is 0 Å². The Labute approximate surface area is 86.1 Å². The molecule has 0 atom stereocenters. The number of halogens is 2. The molecule has 4 heteroatoms. The Hall–Kier alpha value is 0.170. The number of hydrogen-bond acceptors (Lipinski definition) is 0. The first-order valence-corrected chi connectivity index (χ1v) is 4.52. The fourth-order valence-electron chi connectivity index (χ4n) is 0.876. The number of imidazole rings is 1. The van der Waals surface area contributed by atoms with Gasteiger partial charge in [-0.2, -0.15) is 0 Å². The van der Waals surface area contributed by atoms with Crippen LogP contribution < -0.4 is 21.5 Å². The third-order valence-corrected chi connectivity index (χ3v) is 1.93. The monoisotopic (exact) mass is 282 g/mol. The number of aryl methyl sites for hydroxylation is 2. The summed E-state index contributed by atoms with van der Waals surface area (Å²) < 4.78 is 4.23. The zero-order chi connectivity index (χ0) is 7.40. The van der Waals surface area contributed by atoms with Gasteiger partial charge in [-0.1, -0.05) is 15.9 Å². The number of aromatic nitrogens is 2. The molecule has 1 aromatic heterocycles. The lowest BCUT2D eigenvalue weighted by molar-refractivity contribution is -0.671. The van der Waals surface area contributed by atoms with Crippen molar-refractivity contribution in [3.05, 3.63) is 18.7 Å². The van der Waals surface area contributed by atoms with E-state index in [0.29, 0.717) is 0 Å². The lowest BCUT2D eigenvalue weighted by Gasteiger charge is -1.89.